The summed E-state index contributed by atoms with van der Waals surface area (Å²) in [5.41, 5.74) is 2.04. The molecule has 0 radical (unpaired) electrons. The Kier molecular flexibility index (Phi) is 3.58. The Hall–Kier alpha value is -1.53. The van der Waals surface area contributed by atoms with Crippen molar-refractivity contribution in [3.63, 3.8) is 0 Å². The number of nitrogens with one attached hydrogen (secondary N) is 1. The monoisotopic (exact) mass is 316 g/mol. The molecular formula is C16H20N4OS. The van der Waals surface area contributed by atoms with Crippen LogP contribution in [-0.4, -0.2) is 47.5 Å². The minimum absolute atomic E-state index is 0.0135. The highest BCUT2D eigenvalue weighted by molar-refractivity contribution is 7.20. The molecule has 1 saturated heterocycles. The van der Waals surface area contributed by atoms with E-state index in [0.717, 1.165) is 46.2 Å². The third-order valence-corrected chi connectivity index (χ3v) is 5.79. The lowest BCUT2D eigenvalue weighted by Crippen LogP contribution is -2.23. The number of thiophene rings is 1. The van der Waals surface area contributed by atoms with Gasteiger partial charge in [0, 0.05) is 44.0 Å². The van der Waals surface area contributed by atoms with E-state index in [-0.39, 0.29) is 5.91 Å². The van der Waals surface area contributed by atoms with Crippen LogP contribution in [0.1, 0.15) is 40.4 Å². The van der Waals surface area contributed by atoms with E-state index in [1.54, 1.807) is 19.4 Å². The van der Waals surface area contributed by atoms with Crippen molar-refractivity contribution >= 4 is 27.6 Å². The van der Waals surface area contributed by atoms with Gasteiger partial charge in [-0.2, -0.15) is 0 Å². The molecule has 1 N–H and O–H groups in total. The van der Waals surface area contributed by atoms with Gasteiger partial charge in [-0.25, -0.2) is 4.98 Å². The molecule has 1 aliphatic carbocycles. The first-order valence-electron chi connectivity index (χ1n) is 7.94. The van der Waals surface area contributed by atoms with Gasteiger partial charge < -0.3 is 10.2 Å². The molecule has 5 nitrogen and oxygen atoms in total. The molecule has 2 aliphatic rings. The Morgan fingerprint density at radius 3 is 2.95 bits per heavy atom. The van der Waals surface area contributed by atoms with Crippen LogP contribution in [0.25, 0.3) is 10.3 Å². The minimum atomic E-state index is -0.0135. The largest absolute Gasteiger partial charge is 0.354 e. The molecule has 1 aliphatic heterocycles. The van der Waals surface area contributed by atoms with Crippen LogP contribution in [0.2, 0.25) is 0 Å². The summed E-state index contributed by atoms with van der Waals surface area (Å²) in [5.74, 6) is 1.30. The van der Waals surface area contributed by atoms with Crippen molar-refractivity contribution in [2.24, 2.45) is 5.92 Å². The van der Waals surface area contributed by atoms with Crippen molar-refractivity contribution in [2.45, 2.75) is 25.2 Å². The number of nitrogens with zero attached hydrogens (tertiary/aromatic N) is 3. The molecule has 4 rings (SSSR count). The summed E-state index contributed by atoms with van der Waals surface area (Å²) in [6.07, 6.45) is 7.31. The molecule has 116 valence electrons. The van der Waals surface area contributed by atoms with Crippen molar-refractivity contribution in [3.05, 3.63) is 22.8 Å². The lowest BCUT2D eigenvalue weighted by Gasteiger charge is -2.15. The topological polar surface area (TPSA) is 58.1 Å². The first-order valence-corrected chi connectivity index (χ1v) is 8.75. The van der Waals surface area contributed by atoms with Crippen LogP contribution < -0.4 is 5.32 Å². The van der Waals surface area contributed by atoms with Crippen molar-refractivity contribution < 1.29 is 4.79 Å². The molecule has 0 bridgehead atoms. The number of amides is 1. The Morgan fingerprint density at radius 1 is 1.36 bits per heavy atom. The molecule has 2 fully saturated rings. The molecule has 1 amide bonds. The van der Waals surface area contributed by atoms with Gasteiger partial charge in [-0.1, -0.05) is 0 Å². The van der Waals surface area contributed by atoms with E-state index in [2.05, 4.69) is 20.2 Å². The normalized spacial score (nSPS) is 22.3. The minimum Gasteiger partial charge on any atom is -0.354 e. The third kappa shape index (κ3) is 2.50. The maximum Gasteiger partial charge on any atom is 0.261 e. The van der Waals surface area contributed by atoms with Crippen LogP contribution in [0.4, 0.5) is 0 Å². The summed E-state index contributed by atoms with van der Waals surface area (Å²) in [7, 11) is 1.69. The van der Waals surface area contributed by atoms with Gasteiger partial charge in [0.15, 0.2) is 0 Å². The van der Waals surface area contributed by atoms with Crippen molar-refractivity contribution in [3.8, 4) is 0 Å². The van der Waals surface area contributed by atoms with E-state index in [1.807, 2.05) is 0 Å². The zero-order valence-electron chi connectivity index (χ0n) is 12.7. The van der Waals surface area contributed by atoms with Gasteiger partial charge in [-0.05, 0) is 31.7 Å². The number of fused-ring (bicyclic) bond motifs is 1. The highest BCUT2D eigenvalue weighted by Crippen LogP contribution is 2.39. The summed E-state index contributed by atoms with van der Waals surface area (Å²) in [4.78, 5) is 25.4. The van der Waals surface area contributed by atoms with E-state index in [0.29, 0.717) is 5.92 Å². The Bertz CT molecular complexity index is 709. The maximum atomic E-state index is 12.3. The van der Waals surface area contributed by atoms with Gasteiger partial charge in [0.2, 0.25) is 0 Å². The predicted molar refractivity (Wildman–Crippen MR) is 87.3 cm³/mol. The molecular weight excluding hydrogens is 296 g/mol. The predicted octanol–water partition coefficient (Wildman–Crippen LogP) is 2.25. The first-order chi connectivity index (χ1) is 10.8. The molecule has 2 aromatic rings. The van der Waals surface area contributed by atoms with E-state index in [9.17, 15) is 4.79 Å². The molecule has 0 aromatic carbocycles. The standard InChI is InChI=1S/C16H20N4OS/c1-17-15(21)14-12(13-16(22-14)19-6-5-18-13)11-4-7-20(9-11)8-10-2-3-10/h5-6,10-11H,2-4,7-9H2,1H3,(H,17,21)/t11-/m0/s1. The second-order valence-corrected chi connectivity index (χ2v) is 7.32. The molecule has 3 heterocycles. The zero-order valence-corrected chi connectivity index (χ0v) is 13.5. The van der Waals surface area contributed by atoms with Gasteiger partial charge in [0.25, 0.3) is 5.91 Å². The molecule has 1 saturated carbocycles. The highest BCUT2D eigenvalue weighted by atomic mass is 32.1. The molecule has 0 spiro atoms. The van der Waals surface area contributed by atoms with Gasteiger partial charge in [-0.15, -0.1) is 11.3 Å². The second-order valence-electron chi connectivity index (χ2n) is 6.32. The summed E-state index contributed by atoms with van der Waals surface area (Å²) in [6, 6.07) is 0. The third-order valence-electron chi connectivity index (χ3n) is 4.69. The Labute approximate surface area is 133 Å². The van der Waals surface area contributed by atoms with Gasteiger partial charge in [-0.3, -0.25) is 9.78 Å². The quantitative estimate of drug-likeness (QED) is 0.940. The molecule has 6 heteroatoms. The van der Waals surface area contributed by atoms with Gasteiger partial charge in [0.05, 0.1) is 4.88 Å². The van der Waals surface area contributed by atoms with Crippen molar-refractivity contribution in [2.75, 3.05) is 26.7 Å². The highest BCUT2D eigenvalue weighted by Gasteiger charge is 2.33. The molecule has 2 aromatic heterocycles. The van der Waals surface area contributed by atoms with Crippen LogP contribution in [0.15, 0.2) is 12.4 Å². The number of carbonyl (C=O) groups excluding carboxylic acids is 1. The summed E-state index contributed by atoms with van der Waals surface area (Å²) in [6.45, 7) is 3.40. The lowest BCUT2D eigenvalue weighted by atomic mass is 9.97. The van der Waals surface area contributed by atoms with Crippen LogP contribution >= 0.6 is 11.3 Å². The van der Waals surface area contributed by atoms with E-state index in [4.69, 9.17) is 0 Å². The average molecular weight is 316 g/mol. The maximum absolute atomic E-state index is 12.3. The van der Waals surface area contributed by atoms with Crippen LogP contribution in [-0.2, 0) is 0 Å². The van der Waals surface area contributed by atoms with E-state index < -0.39 is 0 Å². The lowest BCUT2D eigenvalue weighted by molar-refractivity contribution is 0.0966. The summed E-state index contributed by atoms with van der Waals surface area (Å²) in [5, 5.41) is 2.76. The number of rotatable bonds is 4. The van der Waals surface area contributed by atoms with Gasteiger partial charge >= 0.3 is 0 Å². The fraction of sp³-hybridized carbons (Fsp3) is 0.562. The Morgan fingerprint density at radius 2 is 2.18 bits per heavy atom. The van der Waals surface area contributed by atoms with E-state index in [1.165, 1.54) is 30.7 Å². The number of likely N-dealkylation sites (tertiary alicyclic amines) is 1. The SMILES string of the molecule is CNC(=O)c1sc2nccnc2c1[C@H]1CCN(CC2CC2)C1. The molecule has 1 atom stereocenters. The fourth-order valence-electron chi connectivity index (χ4n) is 3.40. The van der Waals surface area contributed by atoms with Crippen LogP contribution in [0.3, 0.4) is 0 Å². The van der Waals surface area contributed by atoms with Crippen molar-refractivity contribution in [1.82, 2.24) is 20.2 Å². The van der Waals surface area contributed by atoms with Gasteiger partial charge in [0.1, 0.15) is 10.3 Å². The number of carbonyl (C=O) groups is 1. The second kappa shape index (κ2) is 5.59. The van der Waals surface area contributed by atoms with E-state index >= 15 is 0 Å². The van der Waals surface area contributed by atoms with Crippen molar-refractivity contribution in [1.29, 1.82) is 0 Å². The summed E-state index contributed by atoms with van der Waals surface area (Å²) >= 11 is 1.47. The van der Waals surface area contributed by atoms with Crippen LogP contribution in [0, 0.1) is 5.92 Å². The molecule has 0 unspecified atom stereocenters. The summed E-state index contributed by atoms with van der Waals surface area (Å²) < 4.78 is 0. The zero-order chi connectivity index (χ0) is 15.1. The smallest absolute Gasteiger partial charge is 0.261 e. The number of aromatic nitrogens is 2. The average Bonchev–Trinajstić information content (AvgIpc) is 3.09. The molecule has 22 heavy (non-hydrogen) atoms. The fourth-order valence-corrected chi connectivity index (χ4v) is 4.54. The van der Waals surface area contributed by atoms with Crippen LogP contribution in [0.5, 0.6) is 0 Å². The number of hydrogen-bond donors (Lipinski definition) is 1. The first kappa shape index (κ1) is 14.1. The Balaban J connectivity index is 1.68. The number of hydrogen-bond acceptors (Lipinski definition) is 5.